The summed E-state index contributed by atoms with van der Waals surface area (Å²) in [5.41, 5.74) is 4.45. The van der Waals surface area contributed by atoms with E-state index in [0.29, 0.717) is 36.8 Å². The molecule has 7 nitrogen and oxygen atoms in total. The number of amides is 1. The van der Waals surface area contributed by atoms with Crippen LogP contribution in [0.15, 0.2) is 78.5 Å². The molecule has 1 aliphatic rings. The van der Waals surface area contributed by atoms with Crippen molar-refractivity contribution < 1.29 is 24.2 Å². The summed E-state index contributed by atoms with van der Waals surface area (Å²) in [6.07, 6.45) is 2.44. The van der Waals surface area contributed by atoms with E-state index < -0.39 is 17.7 Å². The van der Waals surface area contributed by atoms with Crippen LogP contribution in [0, 0.1) is 0 Å². The predicted molar refractivity (Wildman–Crippen MR) is 156 cm³/mol. The van der Waals surface area contributed by atoms with E-state index >= 15 is 0 Å². The zero-order chi connectivity index (χ0) is 28.4. The molecule has 0 unspecified atom stereocenters. The third-order valence-electron chi connectivity index (χ3n) is 7.49. The summed E-state index contributed by atoms with van der Waals surface area (Å²) in [6, 6.07) is 19.9. The molecule has 2 N–H and O–H groups in total. The summed E-state index contributed by atoms with van der Waals surface area (Å²) < 4.78 is 10.9. The number of rotatable bonds is 9. The Kier molecular flexibility index (Phi) is 7.65. The standard InChI is InChI=1S/C33H34N2O5/c1-5-40-25-12-10-23(11-13-25)31(36)29-30(22-8-6-21(7-9-22)20(2)3)35(33(38)32(29)37)17-16-24-19-34-28-15-14-26(39-4)18-27(24)28/h6-15,18-20,30,34,36H,5,16-17H2,1-4H3/t30-/m1/s1. The Morgan fingerprint density at radius 2 is 1.70 bits per heavy atom. The normalized spacial score (nSPS) is 16.7. The van der Waals surface area contributed by atoms with Gasteiger partial charge in [0.1, 0.15) is 17.3 Å². The van der Waals surface area contributed by atoms with Gasteiger partial charge in [0.15, 0.2) is 0 Å². The molecule has 1 saturated heterocycles. The van der Waals surface area contributed by atoms with Crippen molar-refractivity contribution in [1.29, 1.82) is 0 Å². The number of carbonyl (C=O) groups is 2. The maximum absolute atomic E-state index is 13.5. The van der Waals surface area contributed by atoms with Gasteiger partial charge >= 0.3 is 0 Å². The number of aromatic nitrogens is 1. The van der Waals surface area contributed by atoms with Gasteiger partial charge in [-0.05, 0) is 78.4 Å². The van der Waals surface area contributed by atoms with Crippen LogP contribution < -0.4 is 9.47 Å². The third-order valence-corrected chi connectivity index (χ3v) is 7.49. The van der Waals surface area contributed by atoms with Gasteiger partial charge in [-0.15, -0.1) is 0 Å². The van der Waals surface area contributed by atoms with E-state index in [-0.39, 0.29) is 11.3 Å². The van der Waals surface area contributed by atoms with Crippen LogP contribution in [0.3, 0.4) is 0 Å². The minimum absolute atomic E-state index is 0.0899. The van der Waals surface area contributed by atoms with Crippen molar-refractivity contribution in [2.45, 2.75) is 39.2 Å². The summed E-state index contributed by atoms with van der Waals surface area (Å²) in [7, 11) is 1.63. The smallest absolute Gasteiger partial charge is 0.295 e. The number of hydrogen-bond donors (Lipinski definition) is 2. The SMILES string of the molecule is CCOc1ccc(C(O)=C2C(=O)C(=O)N(CCc3c[nH]c4ccc(OC)cc34)[C@@H]2c2ccc(C(C)C)cc2)cc1. The van der Waals surface area contributed by atoms with Crippen LogP contribution in [0.4, 0.5) is 0 Å². The number of fused-ring (bicyclic) bond motifs is 1. The molecule has 5 rings (SSSR count). The molecular formula is C33H34N2O5. The van der Waals surface area contributed by atoms with E-state index in [1.54, 1.807) is 36.3 Å². The van der Waals surface area contributed by atoms with Gasteiger partial charge in [0.25, 0.3) is 11.7 Å². The van der Waals surface area contributed by atoms with E-state index in [1.807, 2.05) is 55.6 Å². The molecule has 0 spiro atoms. The van der Waals surface area contributed by atoms with Gasteiger partial charge in [0.05, 0.1) is 25.3 Å². The lowest BCUT2D eigenvalue weighted by Crippen LogP contribution is -2.31. The van der Waals surface area contributed by atoms with Crippen LogP contribution >= 0.6 is 0 Å². The van der Waals surface area contributed by atoms with Crippen LogP contribution in [-0.4, -0.2) is 46.9 Å². The van der Waals surface area contributed by atoms with Gasteiger partial charge in [-0.3, -0.25) is 9.59 Å². The van der Waals surface area contributed by atoms with Crippen LogP contribution in [0.1, 0.15) is 55.0 Å². The lowest BCUT2D eigenvalue weighted by molar-refractivity contribution is -0.139. The van der Waals surface area contributed by atoms with Crippen molar-refractivity contribution in [2.75, 3.05) is 20.3 Å². The first-order valence-electron chi connectivity index (χ1n) is 13.6. The number of aliphatic hydroxyl groups excluding tert-OH is 1. The minimum Gasteiger partial charge on any atom is -0.507 e. The maximum atomic E-state index is 13.5. The van der Waals surface area contributed by atoms with Gasteiger partial charge in [-0.1, -0.05) is 38.1 Å². The number of H-pyrrole nitrogens is 1. The summed E-state index contributed by atoms with van der Waals surface area (Å²) in [4.78, 5) is 31.8. The van der Waals surface area contributed by atoms with Gasteiger partial charge in [0, 0.05) is 29.2 Å². The molecule has 0 radical (unpaired) electrons. The van der Waals surface area contributed by atoms with E-state index in [1.165, 1.54) is 0 Å². The Balaban J connectivity index is 1.54. The minimum atomic E-state index is -0.715. The summed E-state index contributed by atoms with van der Waals surface area (Å²) in [5.74, 6) is 0.236. The van der Waals surface area contributed by atoms with Crippen LogP contribution in [-0.2, 0) is 16.0 Å². The Morgan fingerprint density at radius 1 is 1.00 bits per heavy atom. The highest BCUT2D eigenvalue weighted by molar-refractivity contribution is 6.46. The number of likely N-dealkylation sites (tertiary alicyclic amines) is 1. The highest BCUT2D eigenvalue weighted by Crippen LogP contribution is 2.40. The highest BCUT2D eigenvalue weighted by Gasteiger charge is 2.45. The monoisotopic (exact) mass is 538 g/mol. The number of Topliss-reactive ketones (excluding diaryl/α,β-unsaturated/α-hetero) is 1. The van der Waals surface area contributed by atoms with Crippen molar-refractivity contribution in [2.24, 2.45) is 0 Å². The molecule has 0 saturated carbocycles. The molecule has 7 heteroatoms. The van der Waals surface area contributed by atoms with Crippen LogP contribution in [0.25, 0.3) is 16.7 Å². The number of benzene rings is 3. The van der Waals surface area contributed by atoms with Crippen molar-refractivity contribution in [3.63, 3.8) is 0 Å². The molecule has 3 aromatic carbocycles. The number of aromatic amines is 1. The molecule has 2 heterocycles. The van der Waals surface area contributed by atoms with Gasteiger partial charge in [-0.25, -0.2) is 0 Å². The molecule has 0 aliphatic carbocycles. The van der Waals surface area contributed by atoms with E-state index in [4.69, 9.17) is 9.47 Å². The number of carbonyl (C=O) groups excluding carboxylic acids is 2. The summed E-state index contributed by atoms with van der Waals surface area (Å²) in [6.45, 7) is 6.94. The van der Waals surface area contributed by atoms with Crippen LogP contribution in [0.2, 0.25) is 0 Å². The fraction of sp³-hybridized carbons (Fsp3) is 0.273. The summed E-state index contributed by atoms with van der Waals surface area (Å²) >= 11 is 0. The van der Waals surface area contributed by atoms with Crippen molar-refractivity contribution in [3.05, 3.63) is 101 Å². The topological polar surface area (TPSA) is 91.9 Å². The molecule has 1 amide bonds. The van der Waals surface area contributed by atoms with Gasteiger partial charge < -0.3 is 24.5 Å². The number of ether oxygens (including phenoxy) is 2. The van der Waals surface area contributed by atoms with Crippen molar-refractivity contribution in [1.82, 2.24) is 9.88 Å². The Morgan fingerprint density at radius 3 is 2.35 bits per heavy atom. The molecule has 1 aliphatic heterocycles. The molecule has 1 aromatic heterocycles. The first kappa shape index (κ1) is 27.1. The zero-order valence-electron chi connectivity index (χ0n) is 23.2. The molecular weight excluding hydrogens is 504 g/mol. The van der Waals surface area contributed by atoms with E-state index in [0.717, 1.165) is 33.3 Å². The Bertz CT molecular complexity index is 1560. The number of hydrogen-bond acceptors (Lipinski definition) is 5. The van der Waals surface area contributed by atoms with Gasteiger partial charge in [-0.2, -0.15) is 0 Å². The van der Waals surface area contributed by atoms with Crippen molar-refractivity contribution in [3.8, 4) is 11.5 Å². The number of ketones is 1. The van der Waals surface area contributed by atoms with E-state index in [9.17, 15) is 14.7 Å². The van der Waals surface area contributed by atoms with Gasteiger partial charge in [0.2, 0.25) is 0 Å². The second-order valence-corrected chi connectivity index (χ2v) is 10.2. The molecule has 1 atom stereocenters. The van der Waals surface area contributed by atoms with Crippen molar-refractivity contribution >= 4 is 28.4 Å². The molecule has 4 aromatic rings. The highest BCUT2D eigenvalue weighted by atomic mass is 16.5. The molecule has 0 bridgehead atoms. The Hall–Kier alpha value is -4.52. The average Bonchev–Trinajstić information content (AvgIpc) is 3.49. The summed E-state index contributed by atoms with van der Waals surface area (Å²) in [5, 5.41) is 12.4. The van der Waals surface area contributed by atoms with Crippen LogP contribution in [0.5, 0.6) is 11.5 Å². The first-order valence-corrected chi connectivity index (χ1v) is 13.6. The second-order valence-electron chi connectivity index (χ2n) is 10.2. The lowest BCUT2D eigenvalue weighted by Gasteiger charge is -2.25. The number of nitrogens with zero attached hydrogens (tertiary/aromatic N) is 1. The maximum Gasteiger partial charge on any atom is 0.295 e. The molecule has 40 heavy (non-hydrogen) atoms. The number of nitrogens with one attached hydrogen (secondary N) is 1. The quantitative estimate of drug-likeness (QED) is 0.147. The predicted octanol–water partition coefficient (Wildman–Crippen LogP) is 6.36. The third kappa shape index (κ3) is 5.07. The first-order chi connectivity index (χ1) is 19.3. The largest absolute Gasteiger partial charge is 0.507 e. The molecule has 206 valence electrons. The second kappa shape index (κ2) is 11.3. The number of aliphatic hydroxyl groups is 1. The average molecular weight is 539 g/mol. The number of methoxy groups -OCH3 is 1. The fourth-order valence-corrected chi connectivity index (χ4v) is 5.28. The Labute approximate surface area is 234 Å². The zero-order valence-corrected chi connectivity index (χ0v) is 23.2. The van der Waals surface area contributed by atoms with E-state index in [2.05, 4.69) is 18.8 Å². The lowest BCUT2D eigenvalue weighted by atomic mass is 9.93. The fourth-order valence-electron chi connectivity index (χ4n) is 5.28. The molecule has 1 fully saturated rings.